The lowest BCUT2D eigenvalue weighted by Crippen LogP contribution is -2.51. The second-order valence-electron chi connectivity index (χ2n) is 7.23. The van der Waals surface area contributed by atoms with Crippen LogP contribution in [0.3, 0.4) is 0 Å². The van der Waals surface area contributed by atoms with E-state index in [2.05, 4.69) is 5.32 Å². The van der Waals surface area contributed by atoms with Gasteiger partial charge < -0.3 is 10.2 Å². The summed E-state index contributed by atoms with van der Waals surface area (Å²) in [7, 11) is 0. The number of hydrogen-bond donors (Lipinski definition) is 1. The monoisotopic (exact) mass is 468 g/mol. The normalized spacial score (nSPS) is 12.9. The predicted molar refractivity (Wildman–Crippen MR) is 124 cm³/mol. The SMILES string of the molecule is CC[C@@H](C)NC(=O)[C@H](CC)N(Cc1c(Cl)cccc1Cl)C(=O)Cc1ccccc1Cl. The van der Waals surface area contributed by atoms with Gasteiger partial charge in [0.2, 0.25) is 11.8 Å². The molecule has 0 aliphatic carbocycles. The highest BCUT2D eigenvalue weighted by atomic mass is 35.5. The molecule has 2 aromatic rings. The third-order valence-corrected chi connectivity index (χ3v) is 6.15. The molecule has 0 fully saturated rings. The van der Waals surface area contributed by atoms with E-state index in [9.17, 15) is 9.59 Å². The second-order valence-corrected chi connectivity index (χ2v) is 8.45. The van der Waals surface area contributed by atoms with E-state index in [4.69, 9.17) is 34.8 Å². The van der Waals surface area contributed by atoms with Crippen molar-refractivity contribution in [2.45, 2.75) is 58.7 Å². The number of nitrogens with zero attached hydrogens (tertiary/aromatic N) is 1. The average molecular weight is 470 g/mol. The topological polar surface area (TPSA) is 49.4 Å². The summed E-state index contributed by atoms with van der Waals surface area (Å²) in [4.78, 5) is 27.9. The zero-order valence-corrected chi connectivity index (χ0v) is 19.7. The lowest BCUT2D eigenvalue weighted by Gasteiger charge is -2.32. The van der Waals surface area contributed by atoms with Crippen LogP contribution in [0.2, 0.25) is 15.1 Å². The van der Waals surface area contributed by atoms with Gasteiger partial charge in [0.15, 0.2) is 0 Å². The van der Waals surface area contributed by atoms with Crippen molar-refractivity contribution in [3.05, 3.63) is 68.7 Å². The number of carbonyl (C=O) groups is 2. The van der Waals surface area contributed by atoms with Gasteiger partial charge in [-0.15, -0.1) is 0 Å². The summed E-state index contributed by atoms with van der Waals surface area (Å²) in [5.74, 6) is -0.409. The van der Waals surface area contributed by atoms with Crippen LogP contribution in [0.5, 0.6) is 0 Å². The van der Waals surface area contributed by atoms with E-state index in [1.165, 1.54) is 0 Å². The fourth-order valence-electron chi connectivity index (χ4n) is 3.12. The number of nitrogens with one attached hydrogen (secondary N) is 1. The van der Waals surface area contributed by atoms with Gasteiger partial charge in [-0.3, -0.25) is 9.59 Å². The summed E-state index contributed by atoms with van der Waals surface area (Å²) in [6, 6.07) is 11.7. The summed E-state index contributed by atoms with van der Waals surface area (Å²) in [6.07, 6.45) is 1.33. The van der Waals surface area contributed by atoms with Crippen molar-refractivity contribution >= 4 is 46.6 Å². The number of benzene rings is 2. The first kappa shape index (κ1) is 24.5. The standard InChI is InChI=1S/C23H27Cl3N2O2/c1-4-15(3)27-23(30)21(5-2)28(14-17-19(25)11-8-12-20(17)26)22(29)13-16-9-6-7-10-18(16)24/h6-12,15,21H,4-5,13-14H2,1-3H3,(H,27,30)/t15-,21+/m1/s1. The van der Waals surface area contributed by atoms with Crippen LogP contribution in [0.25, 0.3) is 0 Å². The molecule has 30 heavy (non-hydrogen) atoms. The first-order valence-electron chi connectivity index (χ1n) is 10.0. The fourth-order valence-corrected chi connectivity index (χ4v) is 3.84. The maximum absolute atomic E-state index is 13.4. The van der Waals surface area contributed by atoms with Crippen LogP contribution >= 0.6 is 34.8 Å². The summed E-state index contributed by atoms with van der Waals surface area (Å²) in [5.41, 5.74) is 1.32. The maximum atomic E-state index is 13.4. The molecule has 0 bridgehead atoms. The van der Waals surface area contributed by atoms with Gasteiger partial charge in [0.25, 0.3) is 0 Å². The van der Waals surface area contributed by atoms with Crippen molar-refractivity contribution in [1.82, 2.24) is 10.2 Å². The number of amides is 2. The van der Waals surface area contributed by atoms with E-state index in [-0.39, 0.29) is 30.8 Å². The van der Waals surface area contributed by atoms with Gasteiger partial charge in [-0.05, 0) is 43.5 Å². The predicted octanol–water partition coefficient (Wildman–Crippen LogP) is 5.91. The minimum absolute atomic E-state index is 0.0102. The first-order chi connectivity index (χ1) is 14.3. The number of hydrogen-bond acceptors (Lipinski definition) is 2. The molecule has 4 nitrogen and oxygen atoms in total. The first-order valence-corrected chi connectivity index (χ1v) is 11.2. The Labute approximate surface area is 193 Å². The van der Waals surface area contributed by atoms with Gasteiger partial charge in [0.1, 0.15) is 6.04 Å². The Hall–Kier alpha value is -1.75. The Morgan fingerprint density at radius 2 is 1.53 bits per heavy atom. The Balaban J connectivity index is 2.38. The van der Waals surface area contributed by atoms with Crippen LogP contribution in [-0.4, -0.2) is 28.8 Å². The quantitative estimate of drug-likeness (QED) is 0.496. The third kappa shape index (κ3) is 6.37. The molecule has 2 rings (SSSR count). The van der Waals surface area contributed by atoms with Gasteiger partial charge in [-0.2, -0.15) is 0 Å². The molecule has 162 valence electrons. The Morgan fingerprint density at radius 3 is 2.10 bits per heavy atom. The van der Waals surface area contributed by atoms with Gasteiger partial charge in [-0.25, -0.2) is 0 Å². The van der Waals surface area contributed by atoms with Gasteiger partial charge >= 0.3 is 0 Å². The highest BCUT2D eigenvalue weighted by molar-refractivity contribution is 6.36. The van der Waals surface area contributed by atoms with E-state index in [0.717, 1.165) is 6.42 Å². The minimum atomic E-state index is -0.652. The van der Waals surface area contributed by atoms with Crippen LogP contribution in [0, 0.1) is 0 Å². The molecule has 0 heterocycles. The Kier molecular flexibility index (Phi) is 9.47. The molecule has 0 aliphatic rings. The summed E-state index contributed by atoms with van der Waals surface area (Å²) < 4.78 is 0. The van der Waals surface area contributed by atoms with Crippen LogP contribution in [0.1, 0.15) is 44.7 Å². The number of halogens is 3. The molecular formula is C23H27Cl3N2O2. The van der Waals surface area contributed by atoms with Gasteiger partial charge in [0, 0.05) is 33.2 Å². The van der Waals surface area contributed by atoms with E-state index in [1.807, 2.05) is 32.9 Å². The van der Waals surface area contributed by atoms with Crippen molar-refractivity contribution in [3.8, 4) is 0 Å². The molecular weight excluding hydrogens is 443 g/mol. The van der Waals surface area contributed by atoms with Crippen LogP contribution in [-0.2, 0) is 22.6 Å². The van der Waals surface area contributed by atoms with Crippen molar-refractivity contribution in [3.63, 3.8) is 0 Å². The number of rotatable bonds is 9. The molecule has 0 aliphatic heterocycles. The lowest BCUT2D eigenvalue weighted by atomic mass is 10.1. The van der Waals surface area contributed by atoms with Gasteiger partial charge in [0.05, 0.1) is 6.42 Å². The molecule has 0 saturated carbocycles. The van der Waals surface area contributed by atoms with E-state index in [1.54, 1.807) is 35.2 Å². The molecule has 7 heteroatoms. The summed E-state index contributed by atoms with van der Waals surface area (Å²) in [6.45, 7) is 5.94. The molecule has 0 aromatic heterocycles. The van der Waals surface area contributed by atoms with E-state index in [0.29, 0.717) is 32.6 Å². The van der Waals surface area contributed by atoms with E-state index < -0.39 is 6.04 Å². The number of carbonyl (C=O) groups excluding carboxylic acids is 2. The zero-order chi connectivity index (χ0) is 22.3. The Morgan fingerprint density at radius 1 is 0.933 bits per heavy atom. The maximum Gasteiger partial charge on any atom is 0.243 e. The van der Waals surface area contributed by atoms with Crippen molar-refractivity contribution in [1.29, 1.82) is 0 Å². The van der Waals surface area contributed by atoms with Crippen LogP contribution in [0.4, 0.5) is 0 Å². The molecule has 2 aromatic carbocycles. The molecule has 0 radical (unpaired) electrons. The van der Waals surface area contributed by atoms with Gasteiger partial charge in [-0.1, -0.05) is 72.9 Å². The van der Waals surface area contributed by atoms with Crippen molar-refractivity contribution in [2.24, 2.45) is 0 Å². The van der Waals surface area contributed by atoms with E-state index >= 15 is 0 Å². The summed E-state index contributed by atoms with van der Waals surface area (Å²) >= 11 is 19.0. The molecule has 0 spiro atoms. The molecule has 1 N–H and O–H groups in total. The van der Waals surface area contributed by atoms with Crippen LogP contribution < -0.4 is 5.32 Å². The lowest BCUT2D eigenvalue weighted by molar-refractivity contribution is -0.141. The second kappa shape index (κ2) is 11.6. The average Bonchev–Trinajstić information content (AvgIpc) is 2.71. The van der Waals surface area contributed by atoms with Crippen molar-refractivity contribution < 1.29 is 9.59 Å². The summed E-state index contributed by atoms with van der Waals surface area (Å²) in [5, 5.41) is 4.40. The molecule has 0 saturated heterocycles. The molecule has 0 unspecified atom stereocenters. The Bertz CT molecular complexity index is 868. The fraction of sp³-hybridized carbons (Fsp3) is 0.391. The third-order valence-electron chi connectivity index (χ3n) is 5.08. The zero-order valence-electron chi connectivity index (χ0n) is 17.4. The largest absolute Gasteiger partial charge is 0.352 e. The highest BCUT2D eigenvalue weighted by Gasteiger charge is 2.30. The smallest absolute Gasteiger partial charge is 0.243 e. The molecule has 2 atom stereocenters. The van der Waals surface area contributed by atoms with Crippen molar-refractivity contribution in [2.75, 3.05) is 0 Å². The molecule has 2 amide bonds. The minimum Gasteiger partial charge on any atom is -0.352 e. The van der Waals surface area contributed by atoms with Crippen LogP contribution in [0.15, 0.2) is 42.5 Å². The highest BCUT2D eigenvalue weighted by Crippen LogP contribution is 2.27.